The molecule has 75 heavy (non-hydrogen) atoms. The molecular formula is C72H46N2S. The van der Waals surface area contributed by atoms with Crippen LogP contribution in [-0.4, -0.2) is 4.57 Å². The molecule has 15 rings (SSSR count). The van der Waals surface area contributed by atoms with Gasteiger partial charge in [-0.1, -0.05) is 206 Å². The number of hydrogen-bond donors (Lipinski definition) is 0. The zero-order valence-corrected chi connectivity index (χ0v) is 41.7. The molecule has 0 aliphatic carbocycles. The van der Waals surface area contributed by atoms with Crippen LogP contribution in [0.3, 0.4) is 0 Å². The maximum atomic E-state index is 2.39. The first-order valence-electron chi connectivity index (χ1n) is 25.7. The summed E-state index contributed by atoms with van der Waals surface area (Å²) in [6.07, 6.45) is 0. The Morgan fingerprint density at radius 1 is 0.253 bits per heavy atom. The molecule has 0 saturated carbocycles. The quantitative estimate of drug-likeness (QED) is 0.138. The fourth-order valence-electron chi connectivity index (χ4n) is 11.7. The van der Waals surface area contributed by atoms with Crippen LogP contribution in [0, 0.1) is 0 Å². The molecule has 15 aromatic rings. The molecule has 2 aromatic heterocycles. The minimum absolute atomic E-state index is 1.09. The van der Waals surface area contributed by atoms with E-state index in [-0.39, 0.29) is 0 Å². The van der Waals surface area contributed by atoms with Gasteiger partial charge in [0.1, 0.15) is 0 Å². The van der Waals surface area contributed by atoms with Crippen molar-refractivity contribution >= 4 is 103 Å². The maximum Gasteiger partial charge on any atom is 0.0541 e. The lowest BCUT2D eigenvalue weighted by Crippen LogP contribution is -2.09. The van der Waals surface area contributed by atoms with E-state index >= 15 is 0 Å². The van der Waals surface area contributed by atoms with E-state index in [2.05, 4.69) is 289 Å². The summed E-state index contributed by atoms with van der Waals surface area (Å²) in [6, 6.07) is 103. The summed E-state index contributed by atoms with van der Waals surface area (Å²) in [5.41, 5.74) is 16.4. The molecule has 0 spiro atoms. The van der Waals surface area contributed by atoms with Crippen molar-refractivity contribution in [1.82, 2.24) is 4.57 Å². The second-order valence-electron chi connectivity index (χ2n) is 19.6. The first-order chi connectivity index (χ1) is 37.2. The van der Waals surface area contributed by atoms with Crippen LogP contribution in [-0.2, 0) is 0 Å². The molecule has 0 N–H and O–H groups in total. The van der Waals surface area contributed by atoms with Gasteiger partial charge in [0.2, 0.25) is 0 Å². The van der Waals surface area contributed by atoms with E-state index in [0.717, 1.165) is 28.3 Å². The van der Waals surface area contributed by atoms with E-state index in [1.54, 1.807) is 0 Å². The van der Waals surface area contributed by atoms with E-state index in [9.17, 15) is 0 Å². The van der Waals surface area contributed by atoms with Crippen LogP contribution in [0.4, 0.5) is 17.1 Å². The van der Waals surface area contributed by atoms with Gasteiger partial charge in [-0.15, -0.1) is 11.3 Å². The summed E-state index contributed by atoms with van der Waals surface area (Å²) in [6.45, 7) is 0. The number of thiophene rings is 1. The van der Waals surface area contributed by atoms with Crippen LogP contribution in [0.15, 0.2) is 279 Å². The normalized spacial score (nSPS) is 11.7. The van der Waals surface area contributed by atoms with Crippen LogP contribution in [0.25, 0.3) is 124 Å². The number of para-hydroxylation sites is 2. The molecule has 0 unspecified atom stereocenters. The van der Waals surface area contributed by atoms with E-state index in [1.165, 1.54) is 113 Å². The first kappa shape index (κ1) is 43.1. The van der Waals surface area contributed by atoms with Crippen molar-refractivity contribution in [2.24, 2.45) is 0 Å². The highest BCUT2D eigenvalue weighted by Crippen LogP contribution is 2.45. The Labute approximate surface area is 438 Å². The third-order valence-electron chi connectivity index (χ3n) is 15.4. The molecule has 0 fully saturated rings. The third kappa shape index (κ3) is 7.31. The molecule has 0 amide bonds. The highest BCUT2D eigenvalue weighted by atomic mass is 32.1. The first-order valence-corrected chi connectivity index (χ1v) is 26.5. The SMILES string of the molecule is c1cc(-c2ccc(N(c3ccc(-c4cccc(-n5c6ccccc6c6ccccc65)c4)cc3)c3ccc(-c4cccc5c4sc4c6ccccc6ccc54)cc3)cc2)cc(-c2ccc3c(ccc4ccccc43)c2)c1. The maximum absolute atomic E-state index is 2.39. The number of nitrogens with zero attached hydrogens (tertiary/aromatic N) is 2. The molecule has 0 atom stereocenters. The van der Waals surface area contributed by atoms with Gasteiger partial charge in [-0.05, 0) is 150 Å². The lowest BCUT2D eigenvalue weighted by Gasteiger charge is -2.26. The Bertz CT molecular complexity index is 4640. The molecule has 2 heterocycles. The van der Waals surface area contributed by atoms with Crippen molar-refractivity contribution in [3.05, 3.63) is 279 Å². The Kier molecular flexibility index (Phi) is 10.1. The summed E-state index contributed by atoms with van der Waals surface area (Å²) < 4.78 is 5.06. The molecule has 350 valence electrons. The van der Waals surface area contributed by atoms with Gasteiger partial charge >= 0.3 is 0 Å². The summed E-state index contributed by atoms with van der Waals surface area (Å²) in [5.74, 6) is 0. The average Bonchev–Trinajstić information content (AvgIpc) is 4.05. The monoisotopic (exact) mass is 970 g/mol. The zero-order valence-electron chi connectivity index (χ0n) is 40.9. The summed E-state index contributed by atoms with van der Waals surface area (Å²) >= 11 is 1.90. The van der Waals surface area contributed by atoms with Crippen LogP contribution in [0.2, 0.25) is 0 Å². The average molecular weight is 971 g/mol. The minimum atomic E-state index is 1.09. The standard InChI is InChI=1S/C72H46N2S/c1-3-18-61-49(12-1)26-27-56-45-55(35-42-62(56)61)53-15-9-14-52(44-53)47-28-36-57(37-29-47)73(59-40-32-51(33-41-59)64-22-11-23-67-68-43-34-50-13-2-4-19-63(50)72(68)75-71(64)67)58-38-30-48(31-39-58)54-16-10-17-60(46-54)74-69-24-7-5-20-65(69)66-21-6-8-25-70(66)74/h1-46H. The lowest BCUT2D eigenvalue weighted by atomic mass is 9.95. The predicted octanol–water partition coefficient (Wildman–Crippen LogP) is 20.7. The molecule has 0 bridgehead atoms. The van der Waals surface area contributed by atoms with E-state index in [1.807, 2.05) is 11.3 Å². The smallest absolute Gasteiger partial charge is 0.0541 e. The van der Waals surface area contributed by atoms with Crippen LogP contribution >= 0.6 is 11.3 Å². The molecule has 0 aliphatic rings. The highest BCUT2D eigenvalue weighted by molar-refractivity contribution is 7.27. The van der Waals surface area contributed by atoms with Gasteiger partial charge in [-0.3, -0.25) is 0 Å². The number of rotatable bonds is 8. The van der Waals surface area contributed by atoms with Gasteiger partial charge in [0, 0.05) is 53.7 Å². The molecule has 0 saturated heterocycles. The van der Waals surface area contributed by atoms with Crippen molar-refractivity contribution in [3.63, 3.8) is 0 Å². The molecule has 0 aliphatic heterocycles. The Balaban J connectivity index is 0.795. The number of fused-ring (bicyclic) bond motifs is 11. The third-order valence-corrected chi connectivity index (χ3v) is 16.7. The number of anilines is 3. The van der Waals surface area contributed by atoms with Crippen molar-refractivity contribution in [2.75, 3.05) is 4.90 Å². The molecule has 0 radical (unpaired) electrons. The highest BCUT2D eigenvalue weighted by Gasteiger charge is 2.18. The van der Waals surface area contributed by atoms with E-state index in [4.69, 9.17) is 0 Å². The molecule has 3 heteroatoms. The second kappa shape index (κ2) is 17.6. The fourth-order valence-corrected chi connectivity index (χ4v) is 13.1. The van der Waals surface area contributed by atoms with Gasteiger partial charge in [0.05, 0.1) is 11.0 Å². The van der Waals surface area contributed by atoms with Gasteiger partial charge in [0.25, 0.3) is 0 Å². The van der Waals surface area contributed by atoms with Crippen molar-refractivity contribution < 1.29 is 0 Å². The summed E-state index contributed by atoms with van der Waals surface area (Å²) in [4.78, 5) is 2.38. The predicted molar refractivity (Wildman–Crippen MR) is 323 cm³/mol. The topological polar surface area (TPSA) is 8.17 Å². The summed E-state index contributed by atoms with van der Waals surface area (Å²) in [5, 5.41) is 12.8. The summed E-state index contributed by atoms with van der Waals surface area (Å²) in [7, 11) is 0. The number of aromatic nitrogens is 1. The Morgan fingerprint density at radius 2 is 0.693 bits per heavy atom. The van der Waals surface area contributed by atoms with E-state index in [0.29, 0.717) is 0 Å². The van der Waals surface area contributed by atoms with Gasteiger partial charge in [-0.25, -0.2) is 0 Å². The number of hydrogen-bond acceptors (Lipinski definition) is 2. The van der Waals surface area contributed by atoms with Crippen molar-refractivity contribution in [2.45, 2.75) is 0 Å². The fraction of sp³-hybridized carbons (Fsp3) is 0. The lowest BCUT2D eigenvalue weighted by molar-refractivity contribution is 1.18. The van der Waals surface area contributed by atoms with Crippen LogP contribution < -0.4 is 4.90 Å². The van der Waals surface area contributed by atoms with Gasteiger partial charge < -0.3 is 9.47 Å². The van der Waals surface area contributed by atoms with Crippen LogP contribution in [0.1, 0.15) is 0 Å². The second-order valence-corrected chi connectivity index (χ2v) is 20.7. The Morgan fingerprint density at radius 3 is 1.37 bits per heavy atom. The number of benzene rings is 13. The van der Waals surface area contributed by atoms with Crippen molar-refractivity contribution in [3.8, 4) is 50.2 Å². The Hall–Kier alpha value is -9.54. The largest absolute Gasteiger partial charge is 0.311 e. The molecule has 13 aromatic carbocycles. The molecular weight excluding hydrogens is 925 g/mol. The van der Waals surface area contributed by atoms with Crippen LogP contribution in [0.5, 0.6) is 0 Å². The van der Waals surface area contributed by atoms with Crippen molar-refractivity contribution in [1.29, 1.82) is 0 Å². The molecule has 2 nitrogen and oxygen atoms in total. The zero-order chi connectivity index (χ0) is 49.4. The van der Waals surface area contributed by atoms with Gasteiger partial charge in [0.15, 0.2) is 0 Å². The minimum Gasteiger partial charge on any atom is -0.311 e. The van der Waals surface area contributed by atoms with Gasteiger partial charge in [-0.2, -0.15) is 0 Å². The van der Waals surface area contributed by atoms with E-state index < -0.39 is 0 Å².